The molecule has 0 aliphatic carbocycles. The summed E-state index contributed by atoms with van der Waals surface area (Å²) in [5, 5.41) is 4.86. The summed E-state index contributed by atoms with van der Waals surface area (Å²) in [7, 11) is 3.23. The molecule has 0 saturated carbocycles. The van der Waals surface area contributed by atoms with E-state index in [1.165, 1.54) is 5.56 Å². The fourth-order valence-electron chi connectivity index (χ4n) is 4.66. The number of para-hydroxylation sites is 1. The Hall–Kier alpha value is -4.07. The summed E-state index contributed by atoms with van der Waals surface area (Å²) in [5.41, 5.74) is 4.71. The number of carbonyl (C=O) groups is 1. The highest BCUT2D eigenvalue weighted by Crippen LogP contribution is 2.33. The monoisotopic (exact) mass is 544 g/mol. The Labute approximate surface area is 235 Å². The number of ether oxygens (including phenoxy) is 2. The van der Waals surface area contributed by atoms with Gasteiger partial charge in [0.05, 0.1) is 19.9 Å². The van der Waals surface area contributed by atoms with Crippen molar-refractivity contribution in [2.45, 2.75) is 6.54 Å². The van der Waals surface area contributed by atoms with Crippen molar-refractivity contribution in [3.63, 3.8) is 0 Å². The van der Waals surface area contributed by atoms with E-state index in [0.717, 1.165) is 42.1 Å². The third-order valence-corrected chi connectivity index (χ3v) is 6.76. The third kappa shape index (κ3) is 6.69. The summed E-state index contributed by atoms with van der Waals surface area (Å²) in [5.74, 6) is 1.28. The van der Waals surface area contributed by atoms with Gasteiger partial charge in [0.15, 0.2) is 11.5 Å². The number of nitrogens with zero attached hydrogens (tertiary/aromatic N) is 4. The van der Waals surface area contributed by atoms with Crippen LogP contribution in [0, 0.1) is 0 Å². The Bertz CT molecular complexity index is 1400. The minimum Gasteiger partial charge on any atom is -0.493 e. The second kappa shape index (κ2) is 13.1. The number of amides is 1. The number of hydrogen-bond acceptors (Lipinski definition) is 5. The summed E-state index contributed by atoms with van der Waals surface area (Å²) < 4.78 is 12.7. The molecule has 1 amide bonds. The Morgan fingerprint density at radius 1 is 0.872 bits per heavy atom. The van der Waals surface area contributed by atoms with Crippen LogP contribution >= 0.6 is 12.4 Å². The van der Waals surface area contributed by atoms with Crippen molar-refractivity contribution in [2.75, 3.05) is 40.4 Å². The van der Waals surface area contributed by atoms with Gasteiger partial charge in [-0.15, -0.1) is 12.4 Å². The number of methoxy groups -OCH3 is 2. The van der Waals surface area contributed by atoms with Crippen LogP contribution in [0.3, 0.4) is 0 Å². The van der Waals surface area contributed by atoms with E-state index in [1.54, 1.807) is 20.3 Å². The quantitative estimate of drug-likeness (QED) is 0.280. The van der Waals surface area contributed by atoms with E-state index in [1.807, 2.05) is 76.5 Å². The summed E-state index contributed by atoms with van der Waals surface area (Å²) >= 11 is 0. The van der Waals surface area contributed by atoms with Crippen molar-refractivity contribution >= 4 is 24.4 Å². The van der Waals surface area contributed by atoms with Gasteiger partial charge in [-0.1, -0.05) is 48.5 Å². The molecule has 4 aromatic rings. The Kier molecular flexibility index (Phi) is 9.41. The molecule has 1 aliphatic heterocycles. The third-order valence-electron chi connectivity index (χ3n) is 6.76. The zero-order valence-electron chi connectivity index (χ0n) is 22.2. The molecule has 1 fully saturated rings. The van der Waals surface area contributed by atoms with Gasteiger partial charge in [-0.25, -0.2) is 4.68 Å². The highest BCUT2D eigenvalue weighted by atomic mass is 35.5. The van der Waals surface area contributed by atoms with E-state index in [-0.39, 0.29) is 18.3 Å². The van der Waals surface area contributed by atoms with Crippen molar-refractivity contribution < 1.29 is 14.3 Å². The van der Waals surface area contributed by atoms with E-state index in [4.69, 9.17) is 14.6 Å². The van der Waals surface area contributed by atoms with Crippen LogP contribution in [-0.2, 0) is 11.3 Å². The summed E-state index contributed by atoms with van der Waals surface area (Å²) in [6.45, 7) is 4.05. The first kappa shape index (κ1) is 28.0. The van der Waals surface area contributed by atoms with Crippen LogP contribution < -0.4 is 9.47 Å². The fourth-order valence-corrected chi connectivity index (χ4v) is 4.66. The first-order chi connectivity index (χ1) is 18.6. The molecular formula is C31H33ClN4O3. The molecule has 2 heterocycles. The maximum Gasteiger partial charge on any atom is 0.246 e. The highest BCUT2D eigenvalue weighted by Gasteiger charge is 2.20. The predicted octanol–water partition coefficient (Wildman–Crippen LogP) is 5.34. The van der Waals surface area contributed by atoms with Gasteiger partial charge in [0.25, 0.3) is 0 Å². The largest absolute Gasteiger partial charge is 0.493 e. The number of carbonyl (C=O) groups excluding carboxylic acids is 1. The standard InChI is InChI=1S/C31H32N4O3.ClH/c1-37-28-15-13-25(21-29(28)38-2)31-26(23-35(32-31)27-11-7-4-8-12-27)14-16-30(36)34-19-17-33(18-20-34)22-24-9-5-3-6-10-24;/h3-16,21,23H,17-20,22H2,1-2H3;1H/b16-14+;. The molecule has 39 heavy (non-hydrogen) atoms. The van der Waals surface area contributed by atoms with Crippen LogP contribution in [0.25, 0.3) is 23.0 Å². The van der Waals surface area contributed by atoms with Crippen LogP contribution in [0.15, 0.2) is 91.1 Å². The fraction of sp³-hybridized carbons (Fsp3) is 0.226. The molecule has 5 rings (SSSR count). The van der Waals surface area contributed by atoms with Gasteiger partial charge in [-0.2, -0.15) is 5.10 Å². The normalized spacial score (nSPS) is 13.7. The average Bonchev–Trinajstić information content (AvgIpc) is 3.41. The van der Waals surface area contributed by atoms with Crippen LogP contribution in [0.2, 0.25) is 0 Å². The summed E-state index contributed by atoms with van der Waals surface area (Å²) in [6.07, 6.45) is 5.46. The van der Waals surface area contributed by atoms with Gasteiger partial charge in [-0.05, 0) is 42.0 Å². The second-order valence-electron chi connectivity index (χ2n) is 9.20. The van der Waals surface area contributed by atoms with E-state index in [0.29, 0.717) is 24.6 Å². The van der Waals surface area contributed by atoms with Crippen LogP contribution in [0.1, 0.15) is 11.1 Å². The SMILES string of the molecule is COc1ccc(-c2nn(-c3ccccc3)cc2/C=C/C(=O)N2CCN(Cc3ccccc3)CC2)cc1OC.Cl. The topological polar surface area (TPSA) is 59.8 Å². The molecule has 0 unspecified atom stereocenters. The molecule has 0 bridgehead atoms. The average molecular weight is 545 g/mol. The minimum absolute atomic E-state index is 0. The van der Waals surface area contributed by atoms with Gasteiger partial charge >= 0.3 is 0 Å². The van der Waals surface area contributed by atoms with E-state index < -0.39 is 0 Å². The molecule has 1 aromatic heterocycles. The maximum atomic E-state index is 13.1. The molecule has 3 aromatic carbocycles. The lowest BCUT2D eigenvalue weighted by molar-refractivity contribution is -0.127. The number of benzene rings is 3. The molecular weight excluding hydrogens is 512 g/mol. The number of piperazine rings is 1. The molecule has 0 N–H and O–H groups in total. The van der Waals surface area contributed by atoms with Gasteiger partial charge in [0.1, 0.15) is 5.69 Å². The Morgan fingerprint density at radius 2 is 1.54 bits per heavy atom. The van der Waals surface area contributed by atoms with E-state index >= 15 is 0 Å². The Balaban J connectivity index is 0.00000353. The first-order valence-corrected chi connectivity index (χ1v) is 12.8. The van der Waals surface area contributed by atoms with Crippen molar-refractivity contribution in [1.82, 2.24) is 19.6 Å². The van der Waals surface area contributed by atoms with Gasteiger partial charge < -0.3 is 14.4 Å². The maximum absolute atomic E-state index is 13.1. The van der Waals surface area contributed by atoms with Crippen LogP contribution in [0.5, 0.6) is 11.5 Å². The highest BCUT2D eigenvalue weighted by molar-refractivity contribution is 5.93. The lowest BCUT2D eigenvalue weighted by atomic mass is 10.1. The predicted molar refractivity (Wildman–Crippen MR) is 157 cm³/mol. The molecule has 0 spiro atoms. The van der Waals surface area contributed by atoms with E-state index in [2.05, 4.69) is 29.2 Å². The van der Waals surface area contributed by atoms with Crippen LogP contribution in [0.4, 0.5) is 0 Å². The second-order valence-corrected chi connectivity index (χ2v) is 9.20. The molecule has 8 heteroatoms. The van der Waals surface area contributed by atoms with Crippen LogP contribution in [-0.4, -0.2) is 65.9 Å². The molecule has 0 radical (unpaired) electrons. The van der Waals surface area contributed by atoms with Gasteiger partial charge in [0.2, 0.25) is 5.91 Å². The van der Waals surface area contributed by atoms with Crippen molar-refractivity contribution in [3.8, 4) is 28.4 Å². The van der Waals surface area contributed by atoms with Crippen molar-refractivity contribution in [1.29, 1.82) is 0 Å². The van der Waals surface area contributed by atoms with Gasteiger partial charge in [-0.3, -0.25) is 9.69 Å². The molecule has 7 nitrogen and oxygen atoms in total. The van der Waals surface area contributed by atoms with E-state index in [9.17, 15) is 4.79 Å². The van der Waals surface area contributed by atoms with Crippen molar-refractivity contribution in [2.24, 2.45) is 0 Å². The molecule has 202 valence electrons. The van der Waals surface area contributed by atoms with Crippen molar-refractivity contribution in [3.05, 3.63) is 102 Å². The molecule has 0 atom stereocenters. The Morgan fingerprint density at radius 3 is 2.21 bits per heavy atom. The van der Waals surface area contributed by atoms with Gasteiger partial charge in [0, 0.05) is 56.1 Å². The smallest absolute Gasteiger partial charge is 0.246 e. The molecule has 1 aliphatic rings. The zero-order valence-corrected chi connectivity index (χ0v) is 23.0. The lowest BCUT2D eigenvalue weighted by Crippen LogP contribution is -2.47. The number of rotatable bonds is 8. The minimum atomic E-state index is 0. The summed E-state index contributed by atoms with van der Waals surface area (Å²) in [6, 6.07) is 26.1. The number of halogens is 1. The lowest BCUT2D eigenvalue weighted by Gasteiger charge is -2.34. The molecule has 1 saturated heterocycles. The number of aromatic nitrogens is 2. The number of hydrogen-bond donors (Lipinski definition) is 0. The zero-order chi connectivity index (χ0) is 26.3. The first-order valence-electron chi connectivity index (χ1n) is 12.8. The summed E-state index contributed by atoms with van der Waals surface area (Å²) in [4.78, 5) is 17.4.